The molecule has 1 aliphatic heterocycles. The average molecular weight is 214 g/mol. The first-order valence-electron chi connectivity index (χ1n) is 5.21. The minimum absolute atomic E-state index is 0.345. The van der Waals surface area contributed by atoms with Gasteiger partial charge in [0.15, 0.2) is 0 Å². The third kappa shape index (κ3) is 2.51. The smallest absolute Gasteiger partial charge is 0.246 e. The van der Waals surface area contributed by atoms with E-state index in [2.05, 4.69) is 17.0 Å². The number of primary amides is 1. The van der Waals surface area contributed by atoms with Gasteiger partial charge in [0.05, 0.1) is 0 Å². The molecule has 1 heterocycles. The zero-order valence-electron chi connectivity index (χ0n) is 8.97. The lowest BCUT2D eigenvalue weighted by Gasteiger charge is -2.23. The number of rotatable bonds is 3. The van der Waals surface area contributed by atoms with Crippen LogP contribution < -0.4 is 5.73 Å². The number of carbonyl (C=O) groups is 1. The van der Waals surface area contributed by atoms with Crippen molar-refractivity contribution in [3.8, 4) is 0 Å². The molecule has 0 unspecified atom stereocenters. The van der Waals surface area contributed by atoms with Gasteiger partial charge in [0.2, 0.25) is 5.91 Å². The third-order valence-corrected chi connectivity index (χ3v) is 2.51. The zero-order valence-corrected chi connectivity index (χ0v) is 8.97. The lowest BCUT2D eigenvalue weighted by Crippen LogP contribution is -2.28. The lowest BCUT2D eigenvalue weighted by atomic mass is 10.1. The van der Waals surface area contributed by atoms with Gasteiger partial charge in [-0.15, -0.1) is 0 Å². The van der Waals surface area contributed by atoms with Crippen LogP contribution in [0.1, 0.15) is 5.56 Å². The van der Waals surface area contributed by atoms with E-state index in [0.717, 1.165) is 6.54 Å². The van der Waals surface area contributed by atoms with E-state index in [1.807, 2.05) is 30.5 Å². The van der Waals surface area contributed by atoms with E-state index in [9.17, 15) is 4.79 Å². The third-order valence-electron chi connectivity index (χ3n) is 2.51. The topological polar surface area (TPSA) is 46.3 Å². The van der Waals surface area contributed by atoms with Crippen LogP contribution in [0.4, 0.5) is 0 Å². The molecule has 0 bridgehead atoms. The van der Waals surface area contributed by atoms with Crippen LogP contribution >= 0.6 is 0 Å². The molecule has 0 atom stereocenters. The maximum Gasteiger partial charge on any atom is 0.246 e. The van der Waals surface area contributed by atoms with Crippen molar-refractivity contribution in [1.82, 2.24) is 4.90 Å². The van der Waals surface area contributed by atoms with E-state index in [-0.39, 0.29) is 5.91 Å². The van der Waals surface area contributed by atoms with Gasteiger partial charge in [-0.2, -0.15) is 0 Å². The van der Waals surface area contributed by atoms with Gasteiger partial charge in [0.25, 0.3) is 0 Å². The molecule has 0 radical (unpaired) electrons. The van der Waals surface area contributed by atoms with E-state index >= 15 is 0 Å². The van der Waals surface area contributed by atoms with Crippen molar-refractivity contribution in [2.75, 3.05) is 6.54 Å². The van der Waals surface area contributed by atoms with E-state index in [1.54, 1.807) is 6.08 Å². The normalized spacial score (nSPS) is 14.8. The molecule has 16 heavy (non-hydrogen) atoms. The summed E-state index contributed by atoms with van der Waals surface area (Å²) >= 11 is 0. The Morgan fingerprint density at radius 1 is 1.31 bits per heavy atom. The molecule has 0 fully saturated rings. The van der Waals surface area contributed by atoms with Crippen molar-refractivity contribution >= 4 is 5.91 Å². The number of amides is 1. The van der Waals surface area contributed by atoms with E-state index < -0.39 is 0 Å². The summed E-state index contributed by atoms with van der Waals surface area (Å²) in [5.41, 5.74) is 7.13. The number of benzene rings is 1. The Labute approximate surface area is 94.9 Å². The molecular weight excluding hydrogens is 200 g/mol. The van der Waals surface area contributed by atoms with E-state index in [0.29, 0.717) is 12.1 Å². The van der Waals surface area contributed by atoms with Crippen LogP contribution in [-0.4, -0.2) is 17.4 Å². The summed E-state index contributed by atoms with van der Waals surface area (Å²) in [6.45, 7) is 1.38. The summed E-state index contributed by atoms with van der Waals surface area (Å²) in [5, 5.41) is 0. The molecule has 0 saturated heterocycles. The summed E-state index contributed by atoms with van der Waals surface area (Å²) in [7, 11) is 0. The second-order valence-electron chi connectivity index (χ2n) is 3.79. The Bertz CT molecular complexity index is 435. The summed E-state index contributed by atoms with van der Waals surface area (Å²) in [6.07, 6.45) is 5.59. The maximum atomic E-state index is 11.0. The van der Waals surface area contributed by atoms with E-state index in [4.69, 9.17) is 5.73 Å². The van der Waals surface area contributed by atoms with Gasteiger partial charge in [-0.3, -0.25) is 4.79 Å². The van der Waals surface area contributed by atoms with Crippen LogP contribution in [-0.2, 0) is 11.3 Å². The highest BCUT2D eigenvalue weighted by atomic mass is 16.1. The molecule has 0 aliphatic carbocycles. The van der Waals surface area contributed by atoms with Crippen molar-refractivity contribution in [1.29, 1.82) is 0 Å². The minimum Gasteiger partial charge on any atom is -0.369 e. The van der Waals surface area contributed by atoms with Crippen molar-refractivity contribution in [2.24, 2.45) is 5.73 Å². The zero-order chi connectivity index (χ0) is 11.4. The number of hydrogen-bond acceptors (Lipinski definition) is 2. The number of carbonyl (C=O) groups excluding carboxylic acids is 1. The van der Waals surface area contributed by atoms with Gasteiger partial charge in [-0.1, -0.05) is 36.4 Å². The molecule has 1 aromatic carbocycles. The van der Waals surface area contributed by atoms with Crippen molar-refractivity contribution in [2.45, 2.75) is 6.54 Å². The monoisotopic (exact) mass is 214 g/mol. The molecule has 1 aliphatic rings. The summed E-state index contributed by atoms with van der Waals surface area (Å²) < 4.78 is 0. The summed E-state index contributed by atoms with van der Waals surface area (Å²) in [5.74, 6) is -0.345. The predicted molar refractivity (Wildman–Crippen MR) is 63.3 cm³/mol. The van der Waals surface area contributed by atoms with Gasteiger partial charge in [0, 0.05) is 18.7 Å². The van der Waals surface area contributed by atoms with Crippen LogP contribution in [0.3, 0.4) is 0 Å². The fraction of sp³-hybridized carbons (Fsp3) is 0.154. The van der Waals surface area contributed by atoms with Crippen LogP contribution in [0.25, 0.3) is 0 Å². The first-order chi connectivity index (χ1) is 7.75. The predicted octanol–water partition coefficient (Wildman–Crippen LogP) is 1.43. The van der Waals surface area contributed by atoms with Gasteiger partial charge < -0.3 is 10.6 Å². The fourth-order valence-electron chi connectivity index (χ4n) is 1.69. The quantitative estimate of drug-likeness (QED) is 0.827. The van der Waals surface area contributed by atoms with Gasteiger partial charge in [-0.25, -0.2) is 0 Å². The average Bonchev–Trinajstić information content (AvgIpc) is 2.30. The number of hydrogen-bond donors (Lipinski definition) is 1. The lowest BCUT2D eigenvalue weighted by molar-refractivity contribution is -0.114. The minimum atomic E-state index is -0.345. The summed E-state index contributed by atoms with van der Waals surface area (Å²) in [6, 6.07) is 10.1. The molecule has 0 aromatic heterocycles. The molecule has 82 valence electrons. The standard InChI is InChI=1S/C13H14N2O/c14-13(16)12-7-4-8-15(10-12)9-11-5-2-1-3-6-11/h1-8H,9-10H2,(H2,14,16). The maximum absolute atomic E-state index is 11.0. The molecule has 0 spiro atoms. The van der Waals surface area contributed by atoms with Gasteiger partial charge in [0.1, 0.15) is 0 Å². The highest BCUT2D eigenvalue weighted by molar-refractivity contribution is 5.92. The Morgan fingerprint density at radius 2 is 2.06 bits per heavy atom. The largest absolute Gasteiger partial charge is 0.369 e. The molecule has 3 nitrogen and oxygen atoms in total. The Balaban J connectivity index is 2.02. The Kier molecular flexibility index (Phi) is 3.05. The molecule has 2 N–H and O–H groups in total. The van der Waals surface area contributed by atoms with Crippen LogP contribution in [0.15, 0.2) is 54.3 Å². The molecule has 1 aromatic rings. The molecule has 1 amide bonds. The second-order valence-corrected chi connectivity index (χ2v) is 3.79. The van der Waals surface area contributed by atoms with Crippen LogP contribution in [0, 0.1) is 0 Å². The molecule has 0 saturated carbocycles. The van der Waals surface area contributed by atoms with Crippen LogP contribution in [0.2, 0.25) is 0 Å². The molecule has 3 heteroatoms. The first-order valence-corrected chi connectivity index (χ1v) is 5.21. The van der Waals surface area contributed by atoms with Crippen LogP contribution in [0.5, 0.6) is 0 Å². The second kappa shape index (κ2) is 4.66. The van der Waals surface area contributed by atoms with Gasteiger partial charge >= 0.3 is 0 Å². The highest BCUT2D eigenvalue weighted by Gasteiger charge is 2.11. The number of allylic oxidation sites excluding steroid dienone is 2. The van der Waals surface area contributed by atoms with Crippen molar-refractivity contribution < 1.29 is 4.79 Å². The highest BCUT2D eigenvalue weighted by Crippen LogP contribution is 2.11. The fourth-order valence-corrected chi connectivity index (χ4v) is 1.69. The van der Waals surface area contributed by atoms with E-state index in [1.165, 1.54) is 5.56 Å². The summed E-state index contributed by atoms with van der Waals surface area (Å²) in [4.78, 5) is 13.1. The Morgan fingerprint density at radius 3 is 2.75 bits per heavy atom. The molecular formula is C13H14N2O. The number of nitrogens with two attached hydrogens (primary N) is 1. The Hall–Kier alpha value is -2.03. The van der Waals surface area contributed by atoms with Gasteiger partial charge in [-0.05, 0) is 17.8 Å². The first kappa shape index (κ1) is 10.5. The van der Waals surface area contributed by atoms with Crippen molar-refractivity contribution in [3.63, 3.8) is 0 Å². The number of nitrogens with zero attached hydrogens (tertiary/aromatic N) is 1. The van der Waals surface area contributed by atoms with Crippen molar-refractivity contribution in [3.05, 3.63) is 59.8 Å². The SMILES string of the molecule is NC(=O)C1=CC=CN(Cc2ccccc2)C1. The molecule has 2 rings (SSSR count).